The minimum Gasteiger partial charge on any atom is -0.286 e. The van der Waals surface area contributed by atoms with Crippen LogP contribution < -0.4 is 0 Å². The van der Waals surface area contributed by atoms with Crippen molar-refractivity contribution in [3.63, 3.8) is 0 Å². The highest BCUT2D eigenvalue weighted by Crippen LogP contribution is 1.89. The number of nitrogens with zero attached hydrogens (tertiary/aromatic N) is 2. The summed E-state index contributed by atoms with van der Waals surface area (Å²) in [6, 6.07) is 0. The van der Waals surface area contributed by atoms with Crippen LogP contribution in [0.1, 0.15) is 0 Å². The molecule has 0 heterocycles. The lowest BCUT2D eigenvalue weighted by Gasteiger charge is -2.16. The lowest BCUT2D eigenvalue weighted by molar-refractivity contribution is -0.174. The van der Waals surface area contributed by atoms with E-state index < -0.39 is 11.8 Å². The number of hydrogen-bond acceptors (Lipinski definition) is 4. The monoisotopic (exact) mass is 200 g/mol. The number of carbonyl (C=O) groups is 2. The lowest BCUT2D eigenvalue weighted by Crippen LogP contribution is -2.36. The molecule has 0 rings (SSSR count). The van der Waals surface area contributed by atoms with E-state index in [9.17, 15) is 9.59 Å². The fourth-order valence-electron chi connectivity index (χ4n) is 0.621. The number of hydroxylamine groups is 4. The molecule has 0 fully saturated rings. The van der Waals surface area contributed by atoms with E-state index in [1.54, 1.807) is 0 Å². The van der Waals surface area contributed by atoms with Crippen molar-refractivity contribution in [2.45, 2.75) is 0 Å². The predicted octanol–water partition coefficient (Wildman–Crippen LogP) is -0.206. The summed E-state index contributed by atoms with van der Waals surface area (Å²) in [7, 11) is 0. The van der Waals surface area contributed by atoms with Gasteiger partial charge < -0.3 is 0 Å². The van der Waals surface area contributed by atoms with Crippen LogP contribution in [0.5, 0.6) is 0 Å². The van der Waals surface area contributed by atoms with Crippen LogP contribution in [-0.2, 0) is 9.59 Å². The molecule has 6 nitrogen and oxygen atoms in total. The molecular weight excluding hydrogens is 188 g/mol. The molecule has 0 aromatic carbocycles. The Bertz CT molecular complexity index is 226. The van der Waals surface area contributed by atoms with Gasteiger partial charge in [-0.15, -0.1) is 0 Å². The zero-order chi connectivity index (χ0) is 11.1. The summed E-state index contributed by atoms with van der Waals surface area (Å²) in [6.45, 7) is 5.88. The molecule has 0 saturated carbocycles. The normalized spacial score (nSPS) is 9.00. The zero-order valence-electron chi connectivity index (χ0n) is 7.59. The van der Waals surface area contributed by atoms with Gasteiger partial charge in [-0.25, -0.2) is 10.1 Å². The molecule has 2 N–H and O–H groups in total. The number of rotatable bonds is 5. The second-order valence-corrected chi connectivity index (χ2v) is 2.33. The van der Waals surface area contributed by atoms with Gasteiger partial charge in [-0.1, -0.05) is 13.2 Å². The topological polar surface area (TPSA) is 81.1 Å². The summed E-state index contributed by atoms with van der Waals surface area (Å²) in [6.07, 6.45) is 1.83. The van der Waals surface area contributed by atoms with Crippen molar-refractivity contribution in [1.82, 2.24) is 10.1 Å². The molecule has 0 aliphatic carbocycles. The maximum atomic E-state index is 10.7. The van der Waals surface area contributed by atoms with E-state index >= 15 is 0 Å². The van der Waals surface area contributed by atoms with Crippen LogP contribution in [-0.4, -0.2) is 45.4 Å². The van der Waals surface area contributed by atoms with Crippen LogP contribution in [0.3, 0.4) is 0 Å². The van der Waals surface area contributed by atoms with Gasteiger partial charge >= 0.3 is 0 Å². The maximum absolute atomic E-state index is 10.7. The Morgan fingerprint density at radius 2 is 1.29 bits per heavy atom. The summed E-state index contributed by atoms with van der Waals surface area (Å²) in [4.78, 5) is 21.4. The Morgan fingerprint density at radius 3 is 1.50 bits per heavy atom. The van der Waals surface area contributed by atoms with Crippen molar-refractivity contribution in [1.29, 1.82) is 0 Å². The molecule has 0 atom stereocenters. The molecular formula is C8H12N2O4. The van der Waals surface area contributed by atoms with Gasteiger partial charge in [0.25, 0.3) is 11.8 Å². The van der Waals surface area contributed by atoms with Gasteiger partial charge in [0.1, 0.15) is 0 Å². The van der Waals surface area contributed by atoms with Crippen LogP contribution in [0.15, 0.2) is 25.3 Å². The fraction of sp³-hybridized carbons (Fsp3) is 0.250. The number of hydrogen-bond donors (Lipinski definition) is 2. The SMILES string of the molecule is C=CC(=O)N(O)CCN(O)C(=O)C=C. The molecule has 2 amide bonds. The summed E-state index contributed by atoms with van der Waals surface area (Å²) >= 11 is 0. The third-order valence-electron chi connectivity index (χ3n) is 1.38. The van der Waals surface area contributed by atoms with Crippen molar-refractivity contribution < 1.29 is 20.0 Å². The standard InChI is InChI=1S/C8H12N2O4/c1-3-7(11)9(13)5-6-10(14)8(12)4-2/h3-4,13-14H,1-2,5-6H2. The molecule has 0 aromatic rings. The van der Waals surface area contributed by atoms with Crippen molar-refractivity contribution >= 4 is 11.8 Å². The Kier molecular flexibility index (Phi) is 5.20. The van der Waals surface area contributed by atoms with E-state index in [0.29, 0.717) is 10.1 Å². The van der Waals surface area contributed by atoms with Gasteiger partial charge in [0.2, 0.25) is 0 Å². The van der Waals surface area contributed by atoms with Gasteiger partial charge in [-0.2, -0.15) is 0 Å². The zero-order valence-corrected chi connectivity index (χ0v) is 7.59. The first kappa shape index (κ1) is 12.3. The van der Waals surface area contributed by atoms with E-state index in [1.165, 1.54) is 0 Å². The van der Waals surface area contributed by atoms with E-state index in [4.69, 9.17) is 10.4 Å². The van der Waals surface area contributed by atoms with Crippen LogP contribution in [0.2, 0.25) is 0 Å². The minimum absolute atomic E-state index is 0.207. The third kappa shape index (κ3) is 3.83. The average molecular weight is 200 g/mol. The Hall–Kier alpha value is -1.66. The summed E-state index contributed by atoms with van der Waals surface area (Å²) in [5.41, 5.74) is 0. The molecule has 0 bridgehead atoms. The molecule has 0 spiro atoms. The van der Waals surface area contributed by atoms with Gasteiger partial charge in [0.05, 0.1) is 13.1 Å². The van der Waals surface area contributed by atoms with E-state index in [0.717, 1.165) is 12.2 Å². The number of carbonyl (C=O) groups excluding carboxylic acids is 2. The highest BCUT2D eigenvalue weighted by Gasteiger charge is 2.10. The van der Waals surface area contributed by atoms with Gasteiger partial charge in [0, 0.05) is 0 Å². The fourth-order valence-corrected chi connectivity index (χ4v) is 0.621. The molecule has 0 unspecified atom stereocenters. The maximum Gasteiger partial charge on any atom is 0.269 e. The molecule has 0 saturated heterocycles. The smallest absolute Gasteiger partial charge is 0.269 e. The lowest BCUT2D eigenvalue weighted by atomic mass is 10.5. The van der Waals surface area contributed by atoms with Crippen LogP contribution in [0, 0.1) is 0 Å². The van der Waals surface area contributed by atoms with Crippen LogP contribution in [0.25, 0.3) is 0 Å². The van der Waals surface area contributed by atoms with Crippen molar-refractivity contribution in [3.8, 4) is 0 Å². The van der Waals surface area contributed by atoms with Crippen LogP contribution >= 0.6 is 0 Å². The quantitative estimate of drug-likeness (QED) is 0.365. The molecule has 78 valence electrons. The first-order chi connectivity index (χ1) is 6.52. The van der Waals surface area contributed by atoms with Gasteiger partial charge in [0.15, 0.2) is 0 Å². The van der Waals surface area contributed by atoms with Crippen LogP contribution in [0.4, 0.5) is 0 Å². The first-order valence-corrected chi connectivity index (χ1v) is 3.78. The van der Waals surface area contributed by atoms with Gasteiger partial charge in [-0.05, 0) is 12.2 Å². The Balaban J connectivity index is 3.93. The molecule has 0 aliphatic heterocycles. The summed E-state index contributed by atoms with van der Waals surface area (Å²) in [5.74, 6) is -1.41. The highest BCUT2D eigenvalue weighted by molar-refractivity contribution is 5.86. The molecule has 0 radical (unpaired) electrons. The summed E-state index contributed by atoms with van der Waals surface area (Å²) in [5, 5.41) is 18.6. The van der Waals surface area contributed by atoms with Gasteiger partial charge in [-0.3, -0.25) is 20.0 Å². The average Bonchev–Trinajstić information content (AvgIpc) is 2.22. The molecule has 6 heteroatoms. The van der Waals surface area contributed by atoms with Crippen molar-refractivity contribution in [3.05, 3.63) is 25.3 Å². The molecule has 14 heavy (non-hydrogen) atoms. The predicted molar refractivity (Wildman–Crippen MR) is 47.4 cm³/mol. The second kappa shape index (κ2) is 5.90. The minimum atomic E-state index is -0.704. The Morgan fingerprint density at radius 1 is 1.00 bits per heavy atom. The largest absolute Gasteiger partial charge is 0.286 e. The number of amides is 2. The van der Waals surface area contributed by atoms with E-state index in [-0.39, 0.29) is 13.1 Å². The Labute approximate surface area is 81.3 Å². The highest BCUT2D eigenvalue weighted by atomic mass is 16.5. The third-order valence-corrected chi connectivity index (χ3v) is 1.38. The second-order valence-electron chi connectivity index (χ2n) is 2.33. The molecule has 0 aliphatic rings. The first-order valence-electron chi connectivity index (χ1n) is 3.78. The van der Waals surface area contributed by atoms with Crippen molar-refractivity contribution in [2.75, 3.05) is 13.1 Å². The van der Waals surface area contributed by atoms with E-state index in [2.05, 4.69) is 13.2 Å². The summed E-state index contributed by atoms with van der Waals surface area (Å²) < 4.78 is 0. The van der Waals surface area contributed by atoms with Crippen molar-refractivity contribution in [2.24, 2.45) is 0 Å². The molecule has 0 aromatic heterocycles. The van der Waals surface area contributed by atoms with E-state index in [1.807, 2.05) is 0 Å².